The van der Waals surface area contributed by atoms with Crippen molar-refractivity contribution in [2.75, 3.05) is 46.0 Å². The van der Waals surface area contributed by atoms with Crippen molar-refractivity contribution in [1.82, 2.24) is 9.80 Å². The van der Waals surface area contributed by atoms with Gasteiger partial charge in [0.1, 0.15) is 11.2 Å². The summed E-state index contributed by atoms with van der Waals surface area (Å²) in [7, 11) is 0. The SMILES string of the molecule is C1CCOC1.CC(C)(C)OC(=O)N1CC[C@@](F)(C(=O)O)C1.CC(C)(C)OC(=O)N1CC[C@@](F)(CO)C1.[B]. The Hall–Kier alpha value is -2.15. The molecule has 3 aliphatic rings. The van der Waals surface area contributed by atoms with Crippen LogP contribution in [-0.4, -0.2) is 115 Å². The van der Waals surface area contributed by atoms with Crippen LogP contribution in [0.3, 0.4) is 0 Å². The van der Waals surface area contributed by atoms with E-state index < -0.39 is 53.8 Å². The van der Waals surface area contributed by atoms with E-state index in [1.54, 1.807) is 41.5 Å². The van der Waals surface area contributed by atoms with Crippen LogP contribution in [-0.2, 0) is 19.0 Å². The molecule has 3 rings (SSSR count). The van der Waals surface area contributed by atoms with Crippen molar-refractivity contribution in [3.63, 3.8) is 0 Å². The number of carbonyl (C=O) groups is 3. The number of halogens is 2. The summed E-state index contributed by atoms with van der Waals surface area (Å²) in [5, 5.41) is 17.5. The Kier molecular flexibility index (Phi) is 13.3. The lowest BCUT2D eigenvalue weighted by molar-refractivity contribution is -0.149. The molecular formula is C24H42BF2N2O8. The molecule has 3 saturated heterocycles. The maximum absolute atomic E-state index is 13.6. The highest BCUT2D eigenvalue weighted by atomic mass is 19.1. The van der Waals surface area contributed by atoms with Gasteiger partial charge in [-0.1, -0.05) is 0 Å². The summed E-state index contributed by atoms with van der Waals surface area (Å²) in [6.07, 6.45) is 1.34. The largest absolute Gasteiger partial charge is 0.479 e. The molecule has 0 unspecified atom stereocenters. The Balaban J connectivity index is 0.000000576. The van der Waals surface area contributed by atoms with E-state index in [0.29, 0.717) is 6.54 Å². The lowest BCUT2D eigenvalue weighted by Crippen LogP contribution is -2.40. The predicted octanol–water partition coefficient (Wildman–Crippen LogP) is 3.16. The number of carboxylic acid groups (broad SMARTS) is 1. The minimum absolute atomic E-state index is 0. The van der Waals surface area contributed by atoms with E-state index in [2.05, 4.69) is 0 Å². The molecule has 2 N–H and O–H groups in total. The lowest BCUT2D eigenvalue weighted by Gasteiger charge is -2.24. The highest BCUT2D eigenvalue weighted by Crippen LogP contribution is 2.27. The minimum Gasteiger partial charge on any atom is -0.479 e. The minimum atomic E-state index is -2.34. The second-order valence-corrected chi connectivity index (χ2v) is 11.2. The zero-order valence-electron chi connectivity index (χ0n) is 22.8. The maximum atomic E-state index is 13.6. The number of amides is 2. The molecule has 213 valence electrons. The van der Waals surface area contributed by atoms with Crippen LogP contribution in [0.1, 0.15) is 67.2 Å². The van der Waals surface area contributed by atoms with Crippen molar-refractivity contribution >= 4 is 26.6 Å². The molecule has 3 heterocycles. The van der Waals surface area contributed by atoms with Gasteiger partial charge in [-0.25, -0.2) is 23.2 Å². The molecule has 37 heavy (non-hydrogen) atoms. The number of rotatable bonds is 2. The summed E-state index contributed by atoms with van der Waals surface area (Å²) >= 11 is 0. The van der Waals surface area contributed by atoms with E-state index in [-0.39, 0.29) is 34.3 Å². The maximum Gasteiger partial charge on any atom is 0.410 e. The standard InChI is InChI=1S/C10H16FNO4.C10H18FNO3.C4H8O.B/c1-9(2,3)16-8(15)12-5-4-10(11,6-12)7(13)14;1-9(2,3)15-8(14)12-5-4-10(11,6-12)7-13;1-2-4-5-3-1;/h4-6H2,1-3H3,(H,13,14);13H,4-7H2,1-3H3;1-4H2;/t2*10-;;/m00../s1. The number of alkyl halides is 2. The van der Waals surface area contributed by atoms with Crippen molar-refractivity contribution in [2.45, 2.75) is 89.8 Å². The second kappa shape index (κ2) is 14.1. The number of hydrogen-bond donors (Lipinski definition) is 2. The number of carbonyl (C=O) groups excluding carboxylic acids is 2. The summed E-state index contributed by atoms with van der Waals surface area (Å²) in [6.45, 7) is 11.6. The van der Waals surface area contributed by atoms with Gasteiger partial charge in [0.05, 0.1) is 19.7 Å². The number of aliphatic hydroxyl groups is 1. The van der Waals surface area contributed by atoms with Crippen molar-refractivity contribution < 1.29 is 47.6 Å². The highest BCUT2D eigenvalue weighted by Gasteiger charge is 2.47. The normalized spacial score (nSPS) is 25.2. The second-order valence-electron chi connectivity index (χ2n) is 11.2. The van der Waals surface area contributed by atoms with Gasteiger partial charge < -0.3 is 34.2 Å². The third-order valence-corrected chi connectivity index (χ3v) is 5.32. The molecule has 0 bridgehead atoms. The smallest absolute Gasteiger partial charge is 0.410 e. The van der Waals surface area contributed by atoms with Crippen LogP contribution in [0.15, 0.2) is 0 Å². The van der Waals surface area contributed by atoms with Crippen LogP contribution in [0.5, 0.6) is 0 Å². The summed E-state index contributed by atoms with van der Waals surface area (Å²) < 4.78 is 42.3. The highest BCUT2D eigenvalue weighted by molar-refractivity contribution is 5.80. The van der Waals surface area contributed by atoms with Crippen molar-refractivity contribution in [1.29, 1.82) is 0 Å². The third-order valence-electron chi connectivity index (χ3n) is 5.32. The van der Waals surface area contributed by atoms with Crippen LogP contribution in [0, 0.1) is 0 Å². The first-order valence-corrected chi connectivity index (χ1v) is 12.2. The van der Waals surface area contributed by atoms with E-state index in [1.165, 1.54) is 17.7 Å². The van der Waals surface area contributed by atoms with Gasteiger partial charge in [-0.15, -0.1) is 0 Å². The average molecular weight is 535 g/mol. The van der Waals surface area contributed by atoms with Crippen LogP contribution in [0.2, 0.25) is 0 Å². The van der Waals surface area contributed by atoms with Gasteiger partial charge in [0.25, 0.3) is 0 Å². The molecule has 2 amide bonds. The quantitative estimate of drug-likeness (QED) is 0.517. The molecule has 0 aromatic rings. The first-order valence-electron chi connectivity index (χ1n) is 12.2. The zero-order valence-corrected chi connectivity index (χ0v) is 22.8. The Morgan fingerprint density at radius 2 is 1.30 bits per heavy atom. The van der Waals surface area contributed by atoms with E-state index in [9.17, 15) is 23.2 Å². The summed E-state index contributed by atoms with van der Waals surface area (Å²) in [4.78, 5) is 36.0. The molecule has 3 fully saturated rings. The number of nitrogens with zero attached hydrogens (tertiary/aromatic N) is 2. The van der Waals surface area contributed by atoms with Crippen LogP contribution >= 0.6 is 0 Å². The fraction of sp³-hybridized carbons (Fsp3) is 0.875. The van der Waals surface area contributed by atoms with E-state index >= 15 is 0 Å². The van der Waals surface area contributed by atoms with Gasteiger partial charge in [0, 0.05) is 47.6 Å². The number of aliphatic carboxylic acids is 1. The molecule has 0 aromatic heterocycles. The monoisotopic (exact) mass is 535 g/mol. The zero-order chi connectivity index (χ0) is 27.8. The topological polar surface area (TPSA) is 126 Å². The Morgan fingerprint density at radius 1 is 0.865 bits per heavy atom. The Labute approximate surface area is 220 Å². The third kappa shape index (κ3) is 12.8. The number of hydrogen-bond acceptors (Lipinski definition) is 7. The first kappa shape index (κ1) is 34.9. The van der Waals surface area contributed by atoms with E-state index in [4.69, 9.17) is 24.4 Å². The fourth-order valence-corrected chi connectivity index (χ4v) is 3.39. The van der Waals surface area contributed by atoms with Crippen molar-refractivity contribution in [3.05, 3.63) is 0 Å². The van der Waals surface area contributed by atoms with E-state index in [1.807, 2.05) is 0 Å². The molecule has 0 saturated carbocycles. The summed E-state index contributed by atoms with van der Waals surface area (Å²) in [6, 6.07) is 0. The molecular weight excluding hydrogens is 493 g/mol. The number of likely N-dealkylation sites (tertiary alicyclic amines) is 2. The van der Waals surface area contributed by atoms with E-state index in [0.717, 1.165) is 18.1 Å². The molecule has 13 heteroatoms. The fourth-order valence-electron chi connectivity index (χ4n) is 3.39. The number of ether oxygens (including phenoxy) is 3. The number of carboxylic acids is 1. The van der Waals surface area contributed by atoms with Gasteiger partial charge in [0.15, 0.2) is 5.67 Å². The Bertz CT molecular complexity index is 750. The van der Waals surface area contributed by atoms with Gasteiger partial charge in [0.2, 0.25) is 5.67 Å². The summed E-state index contributed by atoms with van der Waals surface area (Å²) in [5.74, 6) is -1.53. The van der Waals surface area contributed by atoms with Gasteiger partial charge in [-0.05, 0) is 54.4 Å². The molecule has 2 atom stereocenters. The first-order chi connectivity index (χ1) is 16.4. The molecule has 0 aromatic carbocycles. The predicted molar refractivity (Wildman–Crippen MR) is 133 cm³/mol. The lowest BCUT2D eigenvalue weighted by atomic mass is 10.1. The van der Waals surface area contributed by atoms with Gasteiger partial charge in [-0.3, -0.25) is 0 Å². The molecule has 3 aliphatic heterocycles. The van der Waals surface area contributed by atoms with Gasteiger partial charge >= 0.3 is 18.2 Å². The van der Waals surface area contributed by atoms with Crippen LogP contribution < -0.4 is 0 Å². The molecule has 3 radical (unpaired) electrons. The van der Waals surface area contributed by atoms with Crippen LogP contribution in [0.4, 0.5) is 18.4 Å². The Morgan fingerprint density at radius 3 is 1.59 bits per heavy atom. The average Bonchev–Trinajstić information content (AvgIpc) is 3.48. The summed E-state index contributed by atoms with van der Waals surface area (Å²) in [5.41, 5.74) is -5.23. The van der Waals surface area contributed by atoms with Crippen LogP contribution in [0.25, 0.3) is 0 Å². The molecule has 0 aliphatic carbocycles. The van der Waals surface area contributed by atoms with Crippen molar-refractivity contribution in [3.8, 4) is 0 Å². The van der Waals surface area contributed by atoms with Crippen molar-refractivity contribution in [2.24, 2.45) is 0 Å². The molecule has 0 spiro atoms. The molecule has 10 nitrogen and oxygen atoms in total. The number of aliphatic hydroxyl groups excluding tert-OH is 1. The van der Waals surface area contributed by atoms with Gasteiger partial charge in [-0.2, -0.15) is 0 Å².